The molecule has 1 atom stereocenters. The third-order valence-electron chi connectivity index (χ3n) is 5.22. The standard InChI is InChI=1S/C25H23NO7/c1-3-31-17-10-8-16(9-11-17)26-22(15-7-12-18(27)20(14-15)32-4-2)21(24(29)25(26)30)23(28)19-6-5-13-33-19/h5-14,22,27,29H,3-4H2,1-2H3. The maximum absolute atomic E-state index is 13.3. The van der Waals surface area contributed by atoms with Crippen LogP contribution in [-0.2, 0) is 4.79 Å². The summed E-state index contributed by atoms with van der Waals surface area (Å²) in [7, 11) is 0. The first kappa shape index (κ1) is 22.0. The van der Waals surface area contributed by atoms with Crippen LogP contribution in [0.1, 0.15) is 36.0 Å². The Bertz CT molecular complexity index is 1200. The van der Waals surface area contributed by atoms with Crippen molar-refractivity contribution in [2.75, 3.05) is 18.1 Å². The summed E-state index contributed by atoms with van der Waals surface area (Å²) < 4.78 is 16.2. The van der Waals surface area contributed by atoms with Gasteiger partial charge in [0.2, 0.25) is 5.78 Å². The van der Waals surface area contributed by atoms with Gasteiger partial charge in [-0.25, -0.2) is 0 Å². The van der Waals surface area contributed by atoms with Crippen LogP contribution in [0.4, 0.5) is 5.69 Å². The third kappa shape index (κ3) is 4.03. The quantitative estimate of drug-likeness (QED) is 0.485. The minimum atomic E-state index is -0.979. The largest absolute Gasteiger partial charge is 0.504 e. The molecule has 1 unspecified atom stereocenters. The van der Waals surface area contributed by atoms with Gasteiger partial charge in [0.15, 0.2) is 23.0 Å². The van der Waals surface area contributed by atoms with E-state index in [1.807, 2.05) is 6.92 Å². The molecule has 8 nitrogen and oxygen atoms in total. The Balaban J connectivity index is 1.85. The first-order valence-electron chi connectivity index (χ1n) is 10.5. The monoisotopic (exact) mass is 449 g/mol. The highest BCUT2D eigenvalue weighted by molar-refractivity contribution is 6.20. The van der Waals surface area contributed by atoms with Crippen molar-refractivity contribution in [1.29, 1.82) is 0 Å². The van der Waals surface area contributed by atoms with E-state index < -0.39 is 23.5 Å². The highest BCUT2D eigenvalue weighted by Crippen LogP contribution is 2.44. The number of ketones is 1. The molecule has 0 saturated carbocycles. The van der Waals surface area contributed by atoms with E-state index in [1.54, 1.807) is 49.4 Å². The molecule has 1 aliphatic heterocycles. The van der Waals surface area contributed by atoms with Crippen LogP contribution in [0.3, 0.4) is 0 Å². The molecule has 1 aromatic heterocycles. The van der Waals surface area contributed by atoms with Crippen LogP contribution in [0.5, 0.6) is 17.2 Å². The Hall–Kier alpha value is -4.20. The lowest BCUT2D eigenvalue weighted by Gasteiger charge is -2.27. The van der Waals surface area contributed by atoms with Crippen molar-refractivity contribution in [2.45, 2.75) is 19.9 Å². The number of rotatable bonds is 8. The molecule has 0 bridgehead atoms. The number of nitrogens with zero attached hydrogens (tertiary/aromatic N) is 1. The Kier molecular flexibility index (Phi) is 6.08. The van der Waals surface area contributed by atoms with Crippen LogP contribution in [-0.4, -0.2) is 35.1 Å². The highest BCUT2D eigenvalue weighted by Gasteiger charge is 2.45. The van der Waals surface area contributed by atoms with Crippen LogP contribution in [0.15, 0.2) is 76.6 Å². The van der Waals surface area contributed by atoms with Gasteiger partial charge >= 0.3 is 0 Å². The van der Waals surface area contributed by atoms with Gasteiger partial charge in [-0.2, -0.15) is 0 Å². The molecule has 0 fully saturated rings. The number of aliphatic hydroxyl groups excluding tert-OH is 1. The Morgan fingerprint density at radius 1 is 1.03 bits per heavy atom. The molecule has 0 saturated heterocycles. The molecular formula is C25H23NO7. The van der Waals surface area contributed by atoms with Crippen molar-refractivity contribution in [1.82, 2.24) is 0 Å². The van der Waals surface area contributed by atoms with Crippen molar-refractivity contribution in [3.05, 3.63) is 83.5 Å². The summed E-state index contributed by atoms with van der Waals surface area (Å²) in [6.45, 7) is 4.43. The second-order valence-electron chi connectivity index (χ2n) is 7.23. The molecule has 2 heterocycles. The van der Waals surface area contributed by atoms with Gasteiger partial charge in [0.1, 0.15) is 5.75 Å². The van der Waals surface area contributed by atoms with Gasteiger partial charge in [-0.15, -0.1) is 0 Å². The van der Waals surface area contributed by atoms with E-state index in [1.165, 1.54) is 23.3 Å². The fraction of sp³-hybridized carbons (Fsp3) is 0.200. The third-order valence-corrected chi connectivity index (χ3v) is 5.22. The number of phenolic OH excluding ortho intramolecular Hbond substituents is 1. The first-order valence-corrected chi connectivity index (χ1v) is 10.5. The topological polar surface area (TPSA) is 109 Å². The second kappa shape index (κ2) is 9.12. The fourth-order valence-electron chi connectivity index (χ4n) is 3.80. The second-order valence-corrected chi connectivity index (χ2v) is 7.23. The maximum Gasteiger partial charge on any atom is 0.294 e. The number of carbonyl (C=O) groups is 2. The zero-order valence-electron chi connectivity index (χ0n) is 18.1. The molecular weight excluding hydrogens is 426 g/mol. The van der Waals surface area contributed by atoms with Gasteiger partial charge in [-0.05, 0) is 67.9 Å². The van der Waals surface area contributed by atoms with Gasteiger partial charge in [0.05, 0.1) is 31.1 Å². The van der Waals surface area contributed by atoms with Crippen molar-refractivity contribution in [3.8, 4) is 17.2 Å². The lowest BCUT2D eigenvalue weighted by atomic mass is 9.94. The minimum absolute atomic E-state index is 0.00768. The highest BCUT2D eigenvalue weighted by atomic mass is 16.5. The molecule has 3 aromatic rings. The lowest BCUT2D eigenvalue weighted by molar-refractivity contribution is -0.117. The molecule has 0 aliphatic carbocycles. The summed E-state index contributed by atoms with van der Waals surface area (Å²) in [6.07, 6.45) is 1.34. The number of phenols is 1. The average Bonchev–Trinajstić information content (AvgIpc) is 3.44. The number of aliphatic hydroxyl groups is 1. The van der Waals surface area contributed by atoms with Gasteiger partial charge in [0, 0.05) is 5.69 Å². The number of hydrogen-bond acceptors (Lipinski definition) is 7. The minimum Gasteiger partial charge on any atom is -0.504 e. The molecule has 1 aliphatic rings. The molecule has 2 aromatic carbocycles. The number of carbonyl (C=O) groups excluding carboxylic acids is 2. The summed E-state index contributed by atoms with van der Waals surface area (Å²) in [4.78, 5) is 27.8. The van der Waals surface area contributed by atoms with Crippen LogP contribution >= 0.6 is 0 Å². The first-order chi connectivity index (χ1) is 16.0. The predicted octanol–water partition coefficient (Wildman–Crippen LogP) is 4.57. The number of hydrogen-bond donors (Lipinski definition) is 2. The summed E-state index contributed by atoms with van der Waals surface area (Å²) in [5, 5.41) is 20.9. The van der Waals surface area contributed by atoms with E-state index in [9.17, 15) is 19.8 Å². The number of amides is 1. The van der Waals surface area contributed by atoms with E-state index >= 15 is 0 Å². The maximum atomic E-state index is 13.3. The molecule has 170 valence electrons. The Morgan fingerprint density at radius 3 is 2.39 bits per heavy atom. The summed E-state index contributed by atoms with van der Waals surface area (Å²) in [5.41, 5.74) is 0.794. The number of furan rings is 1. The van der Waals surface area contributed by atoms with E-state index in [0.717, 1.165) is 0 Å². The molecule has 1 amide bonds. The number of Topliss-reactive ketones (excluding diaryl/α,β-unsaturated/α-hetero) is 1. The zero-order chi connectivity index (χ0) is 23.5. The van der Waals surface area contributed by atoms with E-state index in [0.29, 0.717) is 30.2 Å². The van der Waals surface area contributed by atoms with E-state index in [4.69, 9.17) is 13.9 Å². The van der Waals surface area contributed by atoms with E-state index in [-0.39, 0.29) is 22.8 Å². The molecule has 2 N–H and O–H groups in total. The van der Waals surface area contributed by atoms with Crippen molar-refractivity contribution in [3.63, 3.8) is 0 Å². The number of ether oxygens (including phenoxy) is 2. The fourth-order valence-corrected chi connectivity index (χ4v) is 3.80. The SMILES string of the molecule is CCOc1ccc(N2C(=O)C(O)=C(C(=O)c3ccco3)C2c2ccc(O)c(OCC)c2)cc1. The summed E-state index contributed by atoms with van der Waals surface area (Å²) >= 11 is 0. The Morgan fingerprint density at radius 2 is 1.76 bits per heavy atom. The van der Waals surface area contributed by atoms with Gasteiger partial charge in [-0.1, -0.05) is 6.07 Å². The van der Waals surface area contributed by atoms with Gasteiger partial charge < -0.3 is 24.1 Å². The van der Waals surface area contributed by atoms with Crippen molar-refractivity contribution in [2.24, 2.45) is 0 Å². The van der Waals surface area contributed by atoms with Crippen LogP contribution in [0.25, 0.3) is 0 Å². The number of aromatic hydroxyl groups is 1. The van der Waals surface area contributed by atoms with Crippen molar-refractivity contribution >= 4 is 17.4 Å². The van der Waals surface area contributed by atoms with Crippen LogP contribution in [0, 0.1) is 0 Å². The van der Waals surface area contributed by atoms with Gasteiger partial charge in [0.25, 0.3) is 5.91 Å². The molecule has 8 heteroatoms. The smallest absolute Gasteiger partial charge is 0.294 e. The Labute approximate surface area is 190 Å². The van der Waals surface area contributed by atoms with Crippen molar-refractivity contribution < 1.29 is 33.7 Å². The molecule has 0 radical (unpaired) electrons. The lowest BCUT2D eigenvalue weighted by Crippen LogP contribution is -2.31. The van der Waals surface area contributed by atoms with Crippen LogP contribution < -0.4 is 14.4 Å². The molecule has 33 heavy (non-hydrogen) atoms. The van der Waals surface area contributed by atoms with E-state index in [2.05, 4.69) is 0 Å². The normalized spacial score (nSPS) is 15.8. The molecule has 0 spiro atoms. The zero-order valence-corrected chi connectivity index (χ0v) is 18.1. The molecule has 4 rings (SSSR count). The number of benzene rings is 2. The number of anilines is 1. The van der Waals surface area contributed by atoms with Gasteiger partial charge in [-0.3, -0.25) is 14.5 Å². The predicted molar refractivity (Wildman–Crippen MR) is 120 cm³/mol. The summed E-state index contributed by atoms with van der Waals surface area (Å²) in [5.74, 6) is -1.28. The summed E-state index contributed by atoms with van der Waals surface area (Å²) in [6, 6.07) is 13.3. The average molecular weight is 449 g/mol. The van der Waals surface area contributed by atoms with Crippen LogP contribution in [0.2, 0.25) is 0 Å².